The lowest BCUT2D eigenvalue weighted by Crippen LogP contribution is -2.51. The average Bonchev–Trinajstić information content (AvgIpc) is 2.38. The van der Waals surface area contributed by atoms with Crippen LogP contribution in [0.25, 0.3) is 0 Å². The fourth-order valence-corrected chi connectivity index (χ4v) is 3.08. The number of hydrogen-bond donors (Lipinski definition) is 1. The van der Waals surface area contributed by atoms with Gasteiger partial charge in [0.15, 0.2) is 0 Å². The first-order valence-corrected chi connectivity index (χ1v) is 7.79. The minimum atomic E-state index is 0.145. The molecule has 1 aromatic carbocycles. The van der Waals surface area contributed by atoms with Crippen LogP contribution in [-0.2, 0) is 6.42 Å². The highest BCUT2D eigenvalue weighted by Gasteiger charge is 2.24. The molecule has 20 heavy (non-hydrogen) atoms. The lowest BCUT2D eigenvalue weighted by molar-refractivity contribution is 0.104. The van der Waals surface area contributed by atoms with Gasteiger partial charge in [-0.15, -0.1) is 0 Å². The molecule has 0 bridgehead atoms. The fraction of sp³-hybridized carbons (Fsp3) is 0.600. The van der Waals surface area contributed by atoms with Gasteiger partial charge < -0.3 is 15.5 Å². The fourth-order valence-electron chi connectivity index (χ4n) is 2.76. The topological polar surface area (TPSA) is 32.5 Å². The van der Waals surface area contributed by atoms with Crippen LogP contribution in [0.4, 0.5) is 0 Å². The average molecular weight is 316 g/mol. The van der Waals surface area contributed by atoms with Gasteiger partial charge in [-0.1, -0.05) is 29.3 Å². The molecule has 2 rings (SSSR count). The van der Waals surface area contributed by atoms with Crippen LogP contribution >= 0.6 is 23.2 Å². The van der Waals surface area contributed by atoms with Crippen molar-refractivity contribution in [2.24, 2.45) is 5.73 Å². The smallest absolute Gasteiger partial charge is 0.0595 e. The van der Waals surface area contributed by atoms with Crippen LogP contribution in [-0.4, -0.2) is 55.6 Å². The molecule has 2 N–H and O–H groups in total. The molecule has 5 heteroatoms. The molecule has 1 aromatic rings. The summed E-state index contributed by atoms with van der Waals surface area (Å²) in [6, 6.07) is 6.44. The maximum Gasteiger partial charge on any atom is 0.0595 e. The predicted molar refractivity (Wildman–Crippen MR) is 86.7 cm³/mol. The SMILES string of the molecule is CN1CCN(C)C(CC(N)Cc2ccc(Cl)c(Cl)c2)C1. The van der Waals surface area contributed by atoms with Gasteiger partial charge in [0.05, 0.1) is 10.0 Å². The number of hydrogen-bond acceptors (Lipinski definition) is 3. The van der Waals surface area contributed by atoms with Gasteiger partial charge in [0, 0.05) is 31.7 Å². The summed E-state index contributed by atoms with van der Waals surface area (Å²) in [7, 11) is 4.36. The van der Waals surface area contributed by atoms with E-state index in [1.807, 2.05) is 18.2 Å². The summed E-state index contributed by atoms with van der Waals surface area (Å²) in [6.07, 6.45) is 1.84. The molecule has 2 unspecified atom stereocenters. The van der Waals surface area contributed by atoms with Crippen molar-refractivity contribution in [3.05, 3.63) is 33.8 Å². The molecule has 0 radical (unpaired) electrons. The van der Waals surface area contributed by atoms with Crippen LogP contribution in [0.1, 0.15) is 12.0 Å². The molecule has 1 aliphatic rings. The van der Waals surface area contributed by atoms with Gasteiger partial charge in [0.1, 0.15) is 0 Å². The van der Waals surface area contributed by atoms with E-state index in [0.717, 1.165) is 38.0 Å². The third-order valence-electron chi connectivity index (χ3n) is 4.04. The first kappa shape index (κ1) is 16.1. The van der Waals surface area contributed by atoms with E-state index >= 15 is 0 Å². The van der Waals surface area contributed by atoms with Crippen molar-refractivity contribution < 1.29 is 0 Å². The number of benzene rings is 1. The molecule has 0 spiro atoms. The van der Waals surface area contributed by atoms with E-state index in [0.29, 0.717) is 16.1 Å². The molecule has 2 atom stereocenters. The normalized spacial score (nSPS) is 22.9. The second-order valence-electron chi connectivity index (χ2n) is 5.85. The molecular weight excluding hydrogens is 293 g/mol. The van der Waals surface area contributed by atoms with Crippen LogP contribution in [0.15, 0.2) is 18.2 Å². The van der Waals surface area contributed by atoms with E-state index in [1.54, 1.807) is 0 Å². The predicted octanol–water partition coefficient (Wildman–Crippen LogP) is 2.50. The van der Waals surface area contributed by atoms with Crippen LogP contribution < -0.4 is 5.73 Å². The minimum absolute atomic E-state index is 0.145. The summed E-state index contributed by atoms with van der Waals surface area (Å²) >= 11 is 12.0. The first-order valence-electron chi connectivity index (χ1n) is 7.04. The van der Waals surface area contributed by atoms with Gasteiger partial charge in [-0.05, 0) is 44.6 Å². The number of nitrogens with two attached hydrogens (primary N) is 1. The van der Waals surface area contributed by atoms with Gasteiger partial charge >= 0.3 is 0 Å². The molecular formula is C15H23Cl2N3. The molecule has 0 amide bonds. The Kier molecular flexibility index (Phi) is 5.70. The van der Waals surface area contributed by atoms with Gasteiger partial charge in [0.2, 0.25) is 0 Å². The summed E-state index contributed by atoms with van der Waals surface area (Å²) in [4.78, 5) is 4.78. The molecule has 0 aliphatic carbocycles. The zero-order valence-electron chi connectivity index (χ0n) is 12.1. The zero-order chi connectivity index (χ0) is 14.7. The van der Waals surface area contributed by atoms with E-state index in [4.69, 9.17) is 28.9 Å². The Hall–Kier alpha value is -0.320. The van der Waals surface area contributed by atoms with E-state index in [1.165, 1.54) is 0 Å². The third-order valence-corrected chi connectivity index (χ3v) is 4.78. The van der Waals surface area contributed by atoms with E-state index in [2.05, 4.69) is 23.9 Å². The highest BCUT2D eigenvalue weighted by Crippen LogP contribution is 2.23. The quantitative estimate of drug-likeness (QED) is 0.926. The molecule has 1 fully saturated rings. The van der Waals surface area contributed by atoms with Gasteiger partial charge in [0.25, 0.3) is 0 Å². The number of nitrogens with zero attached hydrogens (tertiary/aromatic N) is 2. The third kappa shape index (κ3) is 4.34. The second kappa shape index (κ2) is 7.10. The zero-order valence-corrected chi connectivity index (χ0v) is 13.7. The molecule has 1 heterocycles. The Morgan fingerprint density at radius 2 is 2.00 bits per heavy atom. The summed E-state index contributed by atoms with van der Waals surface area (Å²) < 4.78 is 0. The summed E-state index contributed by atoms with van der Waals surface area (Å²) in [5.41, 5.74) is 7.46. The largest absolute Gasteiger partial charge is 0.327 e. The number of likely N-dealkylation sites (N-methyl/N-ethyl adjacent to an activating group) is 2. The van der Waals surface area contributed by atoms with Crippen molar-refractivity contribution in [2.75, 3.05) is 33.7 Å². The van der Waals surface area contributed by atoms with Crippen LogP contribution in [0, 0.1) is 0 Å². The van der Waals surface area contributed by atoms with Crippen LogP contribution in [0.5, 0.6) is 0 Å². The lowest BCUT2D eigenvalue weighted by atomic mass is 9.98. The first-order chi connectivity index (χ1) is 9.45. The Balaban J connectivity index is 1.91. The maximum atomic E-state index is 6.31. The Bertz CT molecular complexity index is 453. The molecule has 1 aliphatic heterocycles. The highest BCUT2D eigenvalue weighted by molar-refractivity contribution is 6.42. The number of rotatable bonds is 4. The monoisotopic (exact) mass is 315 g/mol. The molecule has 1 saturated heterocycles. The van der Waals surface area contributed by atoms with Crippen molar-refractivity contribution in [2.45, 2.75) is 24.9 Å². The van der Waals surface area contributed by atoms with Gasteiger partial charge in [-0.3, -0.25) is 0 Å². The minimum Gasteiger partial charge on any atom is -0.327 e. The van der Waals surface area contributed by atoms with Crippen LogP contribution in [0.2, 0.25) is 10.0 Å². The maximum absolute atomic E-state index is 6.31. The van der Waals surface area contributed by atoms with E-state index < -0.39 is 0 Å². The van der Waals surface area contributed by atoms with E-state index in [-0.39, 0.29) is 6.04 Å². The number of piperazine rings is 1. The Labute approximate surface area is 131 Å². The van der Waals surface area contributed by atoms with Crippen molar-refractivity contribution >= 4 is 23.2 Å². The van der Waals surface area contributed by atoms with E-state index in [9.17, 15) is 0 Å². The summed E-state index contributed by atoms with van der Waals surface area (Å²) in [5, 5.41) is 1.20. The highest BCUT2D eigenvalue weighted by atomic mass is 35.5. The lowest BCUT2D eigenvalue weighted by Gasteiger charge is -2.38. The van der Waals surface area contributed by atoms with Crippen molar-refractivity contribution in [1.82, 2.24) is 9.80 Å². The van der Waals surface area contributed by atoms with Gasteiger partial charge in [-0.2, -0.15) is 0 Å². The van der Waals surface area contributed by atoms with Crippen molar-refractivity contribution in [1.29, 1.82) is 0 Å². The summed E-state index contributed by atoms with van der Waals surface area (Å²) in [5.74, 6) is 0. The molecule has 0 saturated carbocycles. The molecule has 0 aromatic heterocycles. The number of halogens is 2. The second-order valence-corrected chi connectivity index (χ2v) is 6.66. The van der Waals surface area contributed by atoms with Crippen LogP contribution in [0.3, 0.4) is 0 Å². The standard InChI is InChI=1S/C15H23Cl2N3/c1-19-5-6-20(2)13(10-19)9-12(18)7-11-3-4-14(16)15(17)8-11/h3-4,8,12-13H,5-7,9-10,18H2,1-2H3. The van der Waals surface area contributed by atoms with Gasteiger partial charge in [-0.25, -0.2) is 0 Å². The molecule has 112 valence electrons. The molecule has 3 nitrogen and oxygen atoms in total. The van der Waals surface area contributed by atoms with Crippen molar-refractivity contribution in [3.63, 3.8) is 0 Å². The summed E-state index contributed by atoms with van der Waals surface area (Å²) in [6.45, 7) is 3.33. The Morgan fingerprint density at radius 3 is 2.70 bits per heavy atom. The van der Waals surface area contributed by atoms with Crippen molar-refractivity contribution in [3.8, 4) is 0 Å². The Morgan fingerprint density at radius 1 is 1.25 bits per heavy atom.